The Morgan fingerprint density at radius 1 is 1.19 bits per heavy atom. The molecule has 1 heterocycles. The third-order valence-corrected chi connectivity index (χ3v) is 6.23. The van der Waals surface area contributed by atoms with Gasteiger partial charge in [0.1, 0.15) is 0 Å². The van der Waals surface area contributed by atoms with Crippen molar-refractivity contribution < 1.29 is 23.9 Å². The van der Waals surface area contributed by atoms with Gasteiger partial charge in [-0.2, -0.15) is 0 Å². The van der Waals surface area contributed by atoms with Gasteiger partial charge in [-0.1, -0.05) is 41.9 Å². The lowest BCUT2D eigenvalue weighted by Gasteiger charge is -2.26. The summed E-state index contributed by atoms with van der Waals surface area (Å²) in [4.78, 5) is 53.3. The summed E-state index contributed by atoms with van der Waals surface area (Å²) in [5.41, 5.74) is 1.49. The standard InChI is InChI=1S/C24H23ClN2O5/c1-13-8-11-17(25)18(12-13)26-21(29)19(27-22(30)24(2,3)32-23(27)31)20(28)16-10-9-14-6-4-5-7-15(14)16/h4-8,11-12,16,19H,9-10H2,1-3H3,(H,26,29). The Hall–Kier alpha value is -3.19. The van der Waals surface area contributed by atoms with Gasteiger partial charge >= 0.3 is 6.09 Å². The summed E-state index contributed by atoms with van der Waals surface area (Å²) in [6, 6.07) is 10.9. The lowest BCUT2D eigenvalue weighted by Crippen LogP contribution is -2.54. The Morgan fingerprint density at radius 3 is 2.59 bits per heavy atom. The van der Waals surface area contributed by atoms with Crippen LogP contribution in [0.2, 0.25) is 5.02 Å². The molecule has 32 heavy (non-hydrogen) atoms. The molecule has 4 rings (SSSR count). The number of amides is 3. The number of hydrogen-bond donors (Lipinski definition) is 1. The first-order valence-electron chi connectivity index (χ1n) is 10.4. The highest BCUT2D eigenvalue weighted by Gasteiger charge is 2.55. The van der Waals surface area contributed by atoms with E-state index < -0.39 is 41.3 Å². The van der Waals surface area contributed by atoms with Crippen LogP contribution in [0.1, 0.15) is 42.9 Å². The molecule has 0 aromatic heterocycles. The number of anilines is 1. The van der Waals surface area contributed by atoms with Gasteiger partial charge in [0.25, 0.3) is 11.8 Å². The van der Waals surface area contributed by atoms with E-state index in [0.29, 0.717) is 23.4 Å². The first kappa shape index (κ1) is 22.0. The molecule has 2 atom stereocenters. The molecule has 8 heteroatoms. The molecule has 2 aromatic carbocycles. The molecule has 1 N–H and O–H groups in total. The maximum atomic E-state index is 13.7. The second-order valence-electron chi connectivity index (χ2n) is 8.62. The predicted octanol–water partition coefficient (Wildman–Crippen LogP) is 4.01. The van der Waals surface area contributed by atoms with Crippen LogP contribution in [0.25, 0.3) is 0 Å². The summed E-state index contributed by atoms with van der Waals surface area (Å²) in [6.45, 7) is 4.68. The lowest BCUT2D eigenvalue weighted by atomic mass is 9.90. The third kappa shape index (κ3) is 3.77. The van der Waals surface area contributed by atoms with E-state index in [1.807, 2.05) is 31.2 Å². The summed E-state index contributed by atoms with van der Waals surface area (Å²) in [7, 11) is 0. The fourth-order valence-electron chi connectivity index (χ4n) is 4.26. The van der Waals surface area contributed by atoms with Crippen LogP contribution in [0, 0.1) is 6.92 Å². The zero-order valence-electron chi connectivity index (χ0n) is 18.0. The number of aryl methyl sites for hydroxylation is 2. The summed E-state index contributed by atoms with van der Waals surface area (Å²) < 4.78 is 5.16. The van der Waals surface area contributed by atoms with Crippen LogP contribution in [0.3, 0.4) is 0 Å². The van der Waals surface area contributed by atoms with Gasteiger partial charge in [-0.3, -0.25) is 14.4 Å². The number of nitrogens with one attached hydrogen (secondary N) is 1. The summed E-state index contributed by atoms with van der Waals surface area (Å²) in [5.74, 6) is -2.69. The zero-order chi connectivity index (χ0) is 23.2. The number of carbonyl (C=O) groups excluding carboxylic acids is 4. The number of fused-ring (bicyclic) bond motifs is 1. The summed E-state index contributed by atoms with van der Waals surface area (Å²) in [6.07, 6.45) is 0.150. The number of cyclic esters (lactones) is 1. The van der Waals surface area contributed by atoms with Crippen molar-refractivity contribution in [1.82, 2.24) is 4.90 Å². The predicted molar refractivity (Wildman–Crippen MR) is 119 cm³/mol. The first-order chi connectivity index (χ1) is 15.1. The number of nitrogens with zero attached hydrogens (tertiary/aromatic N) is 1. The Morgan fingerprint density at radius 2 is 1.91 bits per heavy atom. The number of carbonyl (C=O) groups is 4. The molecule has 0 spiro atoms. The van der Waals surface area contributed by atoms with Gasteiger partial charge < -0.3 is 10.1 Å². The molecule has 1 aliphatic carbocycles. The highest BCUT2D eigenvalue weighted by atomic mass is 35.5. The zero-order valence-corrected chi connectivity index (χ0v) is 18.7. The summed E-state index contributed by atoms with van der Waals surface area (Å²) in [5, 5.41) is 2.91. The van der Waals surface area contributed by atoms with Crippen molar-refractivity contribution in [1.29, 1.82) is 0 Å². The van der Waals surface area contributed by atoms with Gasteiger partial charge in [0, 0.05) is 5.92 Å². The lowest BCUT2D eigenvalue weighted by molar-refractivity contribution is -0.143. The molecule has 1 aliphatic heterocycles. The van der Waals surface area contributed by atoms with Crippen molar-refractivity contribution in [2.75, 3.05) is 5.32 Å². The van der Waals surface area contributed by atoms with Crippen molar-refractivity contribution in [3.8, 4) is 0 Å². The van der Waals surface area contributed by atoms with Crippen molar-refractivity contribution in [3.05, 3.63) is 64.2 Å². The quantitative estimate of drug-likeness (QED) is 0.689. The maximum absolute atomic E-state index is 13.7. The number of benzene rings is 2. The minimum Gasteiger partial charge on any atom is -0.433 e. The third-order valence-electron chi connectivity index (χ3n) is 5.91. The number of Topliss-reactive ketones (excluding diaryl/α,β-unsaturated/α-hetero) is 1. The van der Waals surface area contributed by atoms with Crippen LogP contribution in [0.5, 0.6) is 0 Å². The van der Waals surface area contributed by atoms with E-state index in [1.54, 1.807) is 18.2 Å². The Balaban J connectivity index is 1.73. The highest BCUT2D eigenvalue weighted by molar-refractivity contribution is 6.34. The van der Waals surface area contributed by atoms with Gasteiger partial charge in [-0.25, -0.2) is 9.69 Å². The number of hydrogen-bond acceptors (Lipinski definition) is 5. The SMILES string of the molecule is Cc1ccc(Cl)c(NC(=O)C(C(=O)C2CCc3ccccc32)N2C(=O)OC(C)(C)C2=O)c1. The Labute approximate surface area is 190 Å². The molecule has 0 bridgehead atoms. The van der Waals surface area contributed by atoms with Crippen molar-refractivity contribution in [2.24, 2.45) is 0 Å². The van der Waals surface area contributed by atoms with Gasteiger partial charge in [0.2, 0.25) is 0 Å². The van der Waals surface area contributed by atoms with Crippen LogP contribution >= 0.6 is 11.6 Å². The average Bonchev–Trinajstić information content (AvgIpc) is 3.24. The highest BCUT2D eigenvalue weighted by Crippen LogP contribution is 2.37. The van der Waals surface area contributed by atoms with Crippen LogP contribution in [0.15, 0.2) is 42.5 Å². The molecule has 1 saturated heterocycles. The number of ether oxygens (including phenoxy) is 1. The Bertz CT molecular complexity index is 1140. The molecule has 3 amide bonds. The molecule has 0 radical (unpaired) electrons. The topological polar surface area (TPSA) is 92.8 Å². The monoisotopic (exact) mass is 454 g/mol. The maximum Gasteiger partial charge on any atom is 0.418 e. The fraction of sp³-hybridized carbons (Fsp3) is 0.333. The molecule has 1 fully saturated rings. The number of halogens is 1. The van der Waals surface area contributed by atoms with Gasteiger partial charge in [-0.15, -0.1) is 0 Å². The van der Waals surface area contributed by atoms with E-state index in [1.165, 1.54) is 13.8 Å². The van der Waals surface area contributed by atoms with Crippen LogP contribution in [0.4, 0.5) is 10.5 Å². The molecule has 7 nitrogen and oxygen atoms in total. The molecular weight excluding hydrogens is 432 g/mol. The normalized spacial score (nSPS) is 20.0. The minimum atomic E-state index is -1.68. The van der Waals surface area contributed by atoms with Crippen LogP contribution < -0.4 is 5.32 Å². The smallest absolute Gasteiger partial charge is 0.418 e. The number of ketones is 1. The molecule has 166 valence electrons. The number of imide groups is 1. The molecule has 2 unspecified atom stereocenters. The Kier molecular flexibility index (Phi) is 5.54. The average molecular weight is 455 g/mol. The van der Waals surface area contributed by atoms with Crippen molar-refractivity contribution >= 4 is 41.0 Å². The molecular formula is C24H23ClN2O5. The fourth-order valence-corrected chi connectivity index (χ4v) is 4.42. The molecule has 2 aliphatic rings. The van der Waals surface area contributed by atoms with E-state index in [0.717, 1.165) is 16.7 Å². The second-order valence-corrected chi connectivity index (χ2v) is 9.03. The van der Waals surface area contributed by atoms with E-state index >= 15 is 0 Å². The molecule has 0 saturated carbocycles. The van der Waals surface area contributed by atoms with Crippen LogP contribution in [-0.4, -0.2) is 40.2 Å². The van der Waals surface area contributed by atoms with E-state index in [-0.39, 0.29) is 5.02 Å². The van der Waals surface area contributed by atoms with Crippen molar-refractivity contribution in [2.45, 2.75) is 51.2 Å². The minimum absolute atomic E-state index is 0.275. The van der Waals surface area contributed by atoms with Gasteiger partial charge in [0.05, 0.1) is 10.7 Å². The van der Waals surface area contributed by atoms with Crippen LogP contribution in [-0.2, 0) is 25.5 Å². The van der Waals surface area contributed by atoms with Crippen molar-refractivity contribution in [3.63, 3.8) is 0 Å². The summed E-state index contributed by atoms with van der Waals surface area (Å²) >= 11 is 6.21. The van der Waals surface area contributed by atoms with E-state index in [4.69, 9.17) is 16.3 Å². The largest absolute Gasteiger partial charge is 0.433 e. The van der Waals surface area contributed by atoms with Gasteiger partial charge in [0.15, 0.2) is 17.4 Å². The molecule has 2 aromatic rings. The first-order valence-corrected chi connectivity index (χ1v) is 10.7. The second kappa shape index (κ2) is 8.06. The van der Waals surface area contributed by atoms with E-state index in [9.17, 15) is 19.2 Å². The number of rotatable bonds is 5. The van der Waals surface area contributed by atoms with E-state index in [2.05, 4.69) is 5.32 Å². The van der Waals surface area contributed by atoms with Gasteiger partial charge in [-0.05, 0) is 62.4 Å².